The average Bonchev–Trinajstić information content (AvgIpc) is 2.98. The minimum absolute atomic E-state index is 0.169. The van der Waals surface area contributed by atoms with E-state index in [2.05, 4.69) is 15.0 Å². The van der Waals surface area contributed by atoms with Gasteiger partial charge in [0, 0.05) is 24.3 Å². The number of aromatic nitrogens is 1. The van der Waals surface area contributed by atoms with E-state index < -0.39 is 0 Å². The van der Waals surface area contributed by atoms with E-state index in [-0.39, 0.29) is 5.97 Å². The first kappa shape index (κ1) is 12.5. The Balaban J connectivity index is 1.80. The lowest BCUT2D eigenvalue weighted by Gasteiger charge is -2.06. The maximum Gasteiger partial charge on any atom is 0.305 e. The average molecular weight is 254 g/mol. The van der Waals surface area contributed by atoms with Gasteiger partial charge in [-0.2, -0.15) is 0 Å². The molecule has 1 saturated heterocycles. The summed E-state index contributed by atoms with van der Waals surface area (Å²) in [7, 11) is 1.42. The van der Waals surface area contributed by atoms with Crippen molar-refractivity contribution in [2.24, 2.45) is 0 Å². The van der Waals surface area contributed by atoms with Gasteiger partial charge in [0.1, 0.15) is 0 Å². The lowest BCUT2D eigenvalue weighted by atomic mass is 10.2. The van der Waals surface area contributed by atoms with Crippen molar-refractivity contribution < 1.29 is 9.53 Å². The molecule has 0 saturated carbocycles. The summed E-state index contributed by atoms with van der Waals surface area (Å²) in [5.41, 5.74) is 1.01. The highest BCUT2D eigenvalue weighted by Crippen LogP contribution is 2.17. The Labute approximate surface area is 105 Å². The van der Waals surface area contributed by atoms with Crippen molar-refractivity contribution in [3.63, 3.8) is 0 Å². The number of rotatable bonds is 5. The molecule has 4 nitrogen and oxygen atoms in total. The maximum absolute atomic E-state index is 11.0. The minimum atomic E-state index is -0.169. The molecule has 2 rings (SSSR count). The molecule has 5 heteroatoms. The van der Waals surface area contributed by atoms with E-state index in [0.717, 1.165) is 18.7 Å². The van der Waals surface area contributed by atoms with Crippen LogP contribution in [0, 0.1) is 0 Å². The van der Waals surface area contributed by atoms with E-state index in [0.29, 0.717) is 18.9 Å². The molecule has 1 unspecified atom stereocenters. The fourth-order valence-corrected chi connectivity index (χ4v) is 2.94. The second-order valence-electron chi connectivity index (χ2n) is 4.31. The highest BCUT2D eigenvalue weighted by atomic mass is 32.1. The number of aryl methyl sites for hydroxylation is 1. The van der Waals surface area contributed by atoms with Crippen LogP contribution in [-0.4, -0.2) is 30.6 Å². The zero-order chi connectivity index (χ0) is 12.1. The highest BCUT2D eigenvalue weighted by molar-refractivity contribution is 7.09. The Morgan fingerprint density at radius 1 is 1.71 bits per heavy atom. The Bertz CT molecular complexity index is 372. The summed E-state index contributed by atoms with van der Waals surface area (Å²) >= 11 is 1.69. The quantitative estimate of drug-likeness (QED) is 0.810. The van der Waals surface area contributed by atoms with Gasteiger partial charge in [-0.05, 0) is 19.4 Å². The summed E-state index contributed by atoms with van der Waals surface area (Å²) in [5.74, 6) is -0.169. The molecule has 0 radical (unpaired) electrons. The van der Waals surface area contributed by atoms with Crippen LogP contribution in [0.1, 0.15) is 30.0 Å². The molecule has 94 valence electrons. The van der Waals surface area contributed by atoms with Crippen molar-refractivity contribution in [2.45, 2.75) is 38.1 Å². The SMILES string of the molecule is COC(=O)CCc1csc(CC2CCCN2)n1. The Kier molecular flexibility index (Phi) is 4.50. The fraction of sp³-hybridized carbons (Fsp3) is 0.667. The molecule has 0 bridgehead atoms. The van der Waals surface area contributed by atoms with Crippen LogP contribution in [-0.2, 0) is 22.4 Å². The predicted octanol–water partition coefficient (Wildman–Crippen LogP) is 1.54. The van der Waals surface area contributed by atoms with Gasteiger partial charge >= 0.3 is 5.97 Å². The van der Waals surface area contributed by atoms with E-state index in [4.69, 9.17) is 0 Å². The Hall–Kier alpha value is -0.940. The normalized spacial score (nSPS) is 19.5. The highest BCUT2D eigenvalue weighted by Gasteiger charge is 2.16. The molecule has 0 aliphatic carbocycles. The van der Waals surface area contributed by atoms with Crippen LogP contribution in [0.4, 0.5) is 0 Å². The first-order valence-corrected chi connectivity index (χ1v) is 6.89. The smallest absolute Gasteiger partial charge is 0.305 e. The number of hydrogen-bond donors (Lipinski definition) is 1. The molecule has 0 amide bonds. The van der Waals surface area contributed by atoms with Crippen molar-refractivity contribution in [1.82, 2.24) is 10.3 Å². The van der Waals surface area contributed by atoms with Crippen LogP contribution in [0.5, 0.6) is 0 Å². The van der Waals surface area contributed by atoms with Crippen LogP contribution in [0.2, 0.25) is 0 Å². The maximum atomic E-state index is 11.0. The van der Waals surface area contributed by atoms with Gasteiger partial charge in [-0.15, -0.1) is 11.3 Å². The van der Waals surface area contributed by atoms with Gasteiger partial charge in [0.15, 0.2) is 0 Å². The number of nitrogens with one attached hydrogen (secondary N) is 1. The van der Waals surface area contributed by atoms with Crippen molar-refractivity contribution >= 4 is 17.3 Å². The minimum Gasteiger partial charge on any atom is -0.469 e. The Morgan fingerprint density at radius 3 is 3.29 bits per heavy atom. The molecule has 1 aromatic rings. The lowest BCUT2D eigenvalue weighted by molar-refractivity contribution is -0.140. The molecule has 1 atom stereocenters. The summed E-state index contributed by atoms with van der Waals surface area (Å²) in [6, 6.07) is 0.592. The number of methoxy groups -OCH3 is 1. The number of carbonyl (C=O) groups excluding carboxylic acids is 1. The number of nitrogens with zero attached hydrogens (tertiary/aromatic N) is 1. The van der Waals surface area contributed by atoms with Crippen molar-refractivity contribution in [2.75, 3.05) is 13.7 Å². The molecule has 1 N–H and O–H groups in total. The summed E-state index contributed by atoms with van der Waals surface area (Å²) in [4.78, 5) is 15.6. The monoisotopic (exact) mass is 254 g/mol. The molecule has 2 heterocycles. The fourth-order valence-electron chi connectivity index (χ4n) is 2.03. The largest absolute Gasteiger partial charge is 0.469 e. The second kappa shape index (κ2) is 6.12. The number of esters is 1. The van der Waals surface area contributed by atoms with E-state index in [1.807, 2.05) is 5.38 Å². The van der Waals surface area contributed by atoms with Gasteiger partial charge in [-0.3, -0.25) is 4.79 Å². The first-order chi connectivity index (χ1) is 8.28. The molecule has 17 heavy (non-hydrogen) atoms. The molecular weight excluding hydrogens is 236 g/mol. The third-order valence-electron chi connectivity index (χ3n) is 3.00. The van der Waals surface area contributed by atoms with Crippen LogP contribution < -0.4 is 5.32 Å². The standard InChI is InChI=1S/C12H18N2O2S/c1-16-12(15)5-4-10-8-17-11(14-10)7-9-3-2-6-13-9/h8-9,13H,2-7H2,1H3. The zero-order valence-electron chi connectivity index (χ0n) is 10.1. The van der Waals surface area contributed by atoms with E-state index in [1.165, 1.54) is 25.0 Å². The topological polar surface area (TPSA) is 51.2 Å². The van der Waals surface area contributed by atoms with Gasteiger partial charge in [-0.25, -0.2) is 4.98 Å². The van der Waals surface area contributed by atoms with Gasteiger partial charge in [0.05, 0.1) is 24.2 Å². The summed E-state index contributed by atoms with van der Waals surface area (Å²) in [6.07, 6.45) is 4.63. The number of carbonyl (C=O) groups is 1. The Morgan fingerprint density at radius 2 is 2.59 bits per heavy atom. The predicted molar refractivity (Wildman–Crippen MR) is 67.2 cm³/mol. The van der Waals surface area contributed by atoms with E-state index in [1.54, 1.807) is 11.3 Å². The first-order valence-electron chi connectivity index (χ1n) is 6.01. The van der Waals surface area contributed by atoms with Crippen LogP contribution in [0.3, 0.4) is 0 Å². The summed E-state index contributed by atoms with van der Waals surface area (Å²) < 4.78 is 4.61. The van der Waals surface area contributed by atoms with Gasteiger partial charge in [0.2, 0.25) is 0 Å². The summed E-state index contributed by atoms with van der Waals surface area (Å²) in [5, 5.41) is 6.69. The van der Waals surface area contributed by atoms with E-state index >= 15 is 0 Å². The third kappa shape index (κ3) is 3.78. The molecule has 1 aliphatic heterocycles. The van der Waals surface area contributed by atoms with Crippen LogP contribution >= 0.6 is 11.3 Å². The molecule has 1 aromatic heterocycles. The molecule has 0 spiro atoms. The third-order valence-corrected chi connectivity index (χ3v) is 3.92. The zero-order valence-corrected chi connectivity index (χ0v) is 10.9. The van der Waals surface area contributed by atoms with Crippen LogP contribution in [0.15, 0.2) is 5.38 Å². The molecule has 1 aliphatic rings. The van der Waals surface area contributed by atoms with Crippen molar-refractivity contribution in [3.05, 3.63) is 16.1 Å². The van der Waals surface area contributed by atoms with Crippen molar-refractivity contribution in [3.8, 4) is 0 Å². The number of thiazole rings is 1. The summed E-state index contributed by atoms with van der Waals surface area (Å²) in [6.45, 7) is 1.13. The van der Waals surface area contributed by atoms with E-state index in [9.17, 15) is 4.79 Å². The number of hydrogen-bond acceptors (Lipinski definition) is 5. The van der Waals surface area contributed by atoms with Crippen LogP contribution in [0.25, 0.3) is 0 Å². The van der Waals surface area contributed by atoms with Crippen molar-refractivity contribution in [1.29, 1.82) is 0 Å². The molecule has 0 aromatic carbocycles. The van der Waals surface area contributed by atoms with Gasteiger partial charge in [-0.1, -0.05) is 0 Å². The van der Waals surface area contributed by atoms with Gasteiger partial charge in [0.25, 0.3) is 0 Å². The second-order valence-corrected chi connectivity index (χ2v) is 5.25. The van der Waals surface area contributed by atoms with Gasteiger partial charge < -0.3 is 10.1 Å². The lowest BCUT2D eigenvalue weighted by Crippen LogP contribution is -2.23. The number of ether oxygens (including phenoxy) is 1. The molecular formula is C12H18N2O2S. The molecule has 1 fully saturated rings.